The van der Waals surface area contributed by atoms with Crippen molar-refractivity contribution in [2.24, 2.45) is 16.6 Å². The van der Waals surface area contributed by atoms with Crippen molar-refractivity contribution in [1.82, 2.24) is 4.90 Å². The molecule has 5 rings (SSSR count). The van der Waals surface area contributed by atoms with Gasteiger partial charge in [0.05, 0.1) is 37.5 Å². The fraction of sp³-hybridized carbons (Fsp3) is 0.621. The average Bonchev–Trinajstić information content (AvgIpc) is 3.66. The summed E-state index contributed by atoms with van der Waals surface area (Å²) in [5.41, 5.74) is 16.6. The first-order chi connectivity index (χ1) is 35.3. The van der Waals surface area contributed by atoms with Crippen LogP contribution in [0.1, 0.15) is 198 Å². The van der Waals surface area contributed by atoms with E-state index in [9.17, 15) is 15.0 Å². The zero-order valence-corrected chi connectivity index (χ0v) is 50.6. The van der Waals surface area contributed by atoms with Crippen LogP contribution in [-0.4, -0.2) is 88.4 Å². The molecule has 1 amide bonds. The maximum absolute atomic E-state index is 13.0. The number of hydrogen-bond acceptors (Lipinski definition) is 9. The number of hydrogen-bond donors (Lipinski definition) is 4. The number of aliphatic hydroxyl groups excluding tert-OH is 3. The fourth-order valence-electron chi connectivity index (χ4n) is 10.8. The number of benzene rings is 4. The van der Waals surface area contributed by atoms with Gasteiger partial charge in [-0.1, -0.05) is 130 Å². The molecule has 4 aromatic carbocycles. The van der Waals surface area contributed by atoms with Crippen LogP contribution >= 0.6 is 0 Å². The molecular weight excluding hydrogens is 949 g/mol. The van der Waals surface area contributed by atoms with Gasteiger partial charge in [0.25, 0.3) is 0 Å². The molecule has 10 heteroatoms. The second-order valence-corrected chi connectivity index (χ2v) is 25.5. The van der Waals surface area contributed by atoms with E-state index in [1.807, 2.05) is 40.7 Å². The zero-order chi connectivity index (χ0) is 57.2. The SMILES string of the molecule is CCC(CC)(c1ccc(CCC(O)C(C)(C)C)c(C)c1)c1ccc(OC[C@@H](N)CO)c(C)c1.CCC(CC)(c1ccc(CCC(O)C(C)(C)C)c(C)c1)c1ccc(OC[C@@H]2COC(C)(C)N2C(=O)OC(C)(C)C)c(C)c1. The van der Waals surface area contributed by atoms with Gasteiger partial charge in [0.2, 0.25) is 0 Å². The summed E-state index contributed by atoms with van der Waals surface area (Å²) in [5.74, 6) is 1.62. The van der Waals surface area contributed by atoms with Gasteiger partial charge in [-0.05, 0) is 192 Å². The molecule has 5 N–H and O–H groups in total. The van der Waals surface area contributed by atoms with Crippen LogP contribution in [0.15, 0.2) is 72.8 Å². The molecule has 1 aliphatic heterocycles. The second kappa shape index (κ2) is 26.5. The molecule has 1 heterocycles. The Morgan fingerprint density at radius 3 is 1.37 bits per heavy atom. The molecule has 76 heavy (non-hydrogen) atoms. The Morgan fingerprint density at radius 1 is 0.645 bits per heavy atom. The highest BCUT2D eigenvalue weighted by atomic mass is 16.6. The molecule has 0 radical (unpaired) electrons. The topological polar surface area (TPSA) is 144 Å². The number of rotatable bonds is 21. The number of aliphatic hydroxyl groups is 3. The molecule has 1 fully saturated rings. The molecule has 424 valence electrons. The van der Waals surface area contributed by atoms with Crippen LogP contribution in [0, 0.1) is 38.5 Å². The molecule has 2 unspecified atom stereocenters. The number of ether oxygens (including phenoxy) is 4. The van der Waals surface area contributed by atoms with E-state index in [1.54, 1.807) is 4.90 Å². The average molecular weight is 1050 g/mol. The Labute approximate surface area is 460 Å². The van der Waals surface area contributed by atoms with Gasteiger partial charge in [-0.25, -0.2) is 4.79 Å². The van der Waals surface area contributed by atoms with Gasteiger partial charge in [0.1, 0.15) is 36.0 Å². The predicted molar refractivity (Wildman–Crippen MR) is 313 cm³/mol. The normalized spacial score (nSPS) is 16.4. The van der Waals surface area contributed by atoms with Gasteiger partial charge in [0, 0.05) is 10.8 Å². The quantitative estimate of drug-likeness (QED) is 0.0641. The fourth-order valence-corrected chi connectivity index (χ4v) is 10.8. The number of carbonyl (C=O) groups excluding carboxylic acids is 1. The van der Waals surface area contributed by atoms with Crippen LogP contribution in [0.25, 0.3) is 0 Å². The van der Waals surface area contributed by atoms with Crippen LogP contribution in [0.2, 0.25) is 0 Å². The molecule has 1 saturated heterocycles. The van der Waals surface area contributed by atoms with Crippen molar-refractivity contribution in [1.29, 1.82) is 0 Å². The molecular formula is C66H102N2O8. The summed E-state index contributed by atoms with van der Waals surface area (Å²) < 4.78 is 23.8. The van der Waals surface area contributed by atoms with Crippen molar-refractivity contribution in [3.8, 4) is 11.5 Å². The lowest BCUT2D eigenvalue weighted by atomic mass is 9.69. The smallest absolute Gasteiger partial charge is 0.413 e. The van der Waals surface area contributed by atoms with Crippen molar-refractivity contribution < 1.29 is 39.1 Å². The van der Waals surface area contributed by atoms with E-state index in [0.29, 0.717) is 19.8 Å². The van der Waals surface area contributed by atoms with Gasteiger partial charge < -0.3 is 40.0 Å². The molecule has 1 aliphatic rings. The molecule has 0 spiro atoms. The number of nitrogens with zero attached hydrogens (tertiary/aromatic N) is 1. The lowest BCUT2D eigenvalue weighted by Crippen LogP contribution is -2.51. The van der Waals surface area contributed by atoms with Crippen molar-refractivity contribution in [2.45, 2.75) is 229 Å². The number of aryl methyl sites for hydroxylation is 6. The Balaban J connectivity index is 0.000000340. The Bertz CT molecular complexity index is 2480. The van der Waals surface area contributed by atoms with Crippen molar-refractivity contribution in [3.05, 3.63) is 128 Å². The molecule has 10 nitrogen and oxygen atoms in total. The van der Waals surface area contributed by atoms with E-state index < -0.39 is 17.4 Å². The number of nitrogens with two attached hydrogens (primary N) is 1. The molecule has 4 aromatic rings. The number of amides is 1. The maximum atomic E-state index is 13.0. The maximum Gasteiger partial charge on any atom is 0.413 e. The monoisotopic (exact) mass is 1050 g/mol. The summed E-state index contributed by atoms with van der Waals surface area (Å²) >= 11 is 0. The molecule has 0 saturated carbocycles. The van der Waals surface area contributed by atoms with Crippen LogP contribution in [0.5, 0.6) is 11.5 Å². The highest BCUT2D eigenvalue weighted by Gasteiger charge is 2.46. The highest BCUT2D eigenvalue weighted by Crippen LogP contribution is 2.43. The van der Waals surface area contributed by atoms with Crippen LogP contribution < -0.4 is 15.2 Å². The minimum Gasteiger partial charge on any atom is -0.492 e. The van der Waals surface area contributed by atoms with Crippen LogP contribution in [-0.2, 0) is 33.1 Å². The van der Waals surface area contributed by atoms with E-state index in [0.717, 1.165) is 74.0 Å². The zero-order valence-electron chi connectivity index (χ0n) is 50.6. The lowest BCUT2D eigenvalue weighted by molar-refractivity contribution is -0.0637. The van der Waals surface area contributed by atoms with Crippen molar-refractivity contribution in [3.63, 3.8) is 0 Å². The standard InChI is InChI=1S/C37H57NO5.C29H45NO3/c1-13-37(14-2,28-17-15-27(25(3)21-28)16-20-32(39)34(5,6)7)29-18-19-31(26(4)22-29)41-23-30-24-42-36(11,12)38(30)33(40)43-35(8,9)10;1-8-29(9-2,24-13-14-26(21(4)17-24)33-19-25(30)18-31)23-12-10-22(20(3)16-23)11-15-27(32)28(5,6)7/h15,17-19,21-22,30,32,39H,13-14,16,20,23-24H2,1-12H3;10,12-14,16-17,25,27,31-32H,8-9,11,15,18-19,30H2,1-7H3/t30-,32?;25-,27?/m10/s1. The Kier molecular flexibility index (Phi) is 22.3. The molecule has 0 aromatic heterocycles. The molecule has 0 aliphatic carbocycles. The third-order valence-corrected chi connectivity index (χ3v) is 16.3. The summed E-state index contributed by atoms with van der Waals surface area (Å²) in [6, 6.07) is 26.1. The third-order valence-electron chi connectivity index (χ3n) is 16.3. The summed E-state index contributed by atoms with van der Waals surface area (Å²) in [5, 5.41) is 30.1. The van der Waals surface area contributed by atoms with Gasteiger partial charge >= 0.3 is 6.09 Å². The largest absolute Gasteiger partial charge is 0.492 e. The Hall–Kier alpha value is -4.45. The summed E-state index contributed by atoms with van der Waals surface area (Å²) in [4.78, 5) is 14.7. The van der Waals surface area contributed by atoms with Crippen molar-refractivity contribution >= 4 is 6.09 Å². The number of carbonyl (C=O) groups is 1. The summed E-state index contributed by atoms with van der Waals surface area (Å²) in [7, 11) is 0. The first kappa shape index (κ1) is 64.1. The van der Waals surface area contributed by atoms with E-state index in [-0.39, 0.29) is 52.6 Å². The lowest BCUT2D eigenvalue weighted by Gasteiger charge is -2.35. The Morgan fingerprint density at radius 2 is 1.03 bits per heavy atom. The van der Waals surface area contributed by atoms with Crippen molar-refractivity contribution in [2.75, 3.05) is 26.4 Å². The van der Waals surface area contributed by atoms with Crippen LogP contribution in [0.3, 0.4) is 0 Å². The molecule has 4 atom stereocenters. The van der Waals surface area contributed by atoms with E-state index in [2.05, 4.69) is 164 Å². The van der Waals surface area contributed by atoms with Gasteiger partial charge in [0.15, 0.2) is 0 Å². The van der Waals surface area contributed by atoms with E-state index in [1.165, 1.54) is 44.5 Å². The van der Waals surface area contributed by atoms with Crippen LogP contribution in [0.4, 0.5) is 4.79 Å². The summed E-state index contributed by atoms with van der Waals surface area (Å²) in [6.07, 6.45) is 6.22. The highest BCUT2D eigenvalue weighted by molar-refractivity contribution is 5.69. The second-order valence-electron chi connectivity index (χ2n) is 25.5. The molecule has 0 bridgehead atoms. The van der Waals surface area contributed by atoms with E-state index in [4.69, 9.17) is 29.8 Å². The predicted octanol–water partition coefficient (Wildman–Crippen LogP) is 13.9. The third kappa shape index (κ3) is 16.1. The van der Waals surface area contributed by atoms with Gasteiger partial charge in [-0.3, -0.25) is 4.90 Å². The summed E-state index contributed by atoms with van der Waals surface area (Å²) in [6.45, 7) is 40.4. The first-order valence-electron chi connectivity index (χ1n) is 28.4. The van der Waals surface area contributed by atoms with E-state index >= 15 is 0 Å². The minimum absolute atomic E-state index is 0.0704. The van der Waals surface area contributed by atoms with Gasteiger partial charge in [-0.2, -0.15) is 0 Å². The van der Waals surface area contributed by atoms with Gasteiger partial charge in [-0.15, -0.1) is 0 Å². The minimum atomic E-state index is -0.767. The first-order valence-corrected chi connectivity index (χ1v) is 28.4.